The van der Waals surface area contributed by atoms with E-state index in [1.165, 1.54) is 4.31 Å². The van der Waals surface area contributed by atoms with E-state index in [0.717, 1.165) is 32.1 Å². The summed E-state index contributed by atoms with van der Waals surface area (Å²) in [5, 5.41) is 9.18. The van der Waals surface area contributed by atoms with Crippen molar-refractivity contribution in [2.75, 3.05) is 26.8 Å². The predicted molar refractivity (Wildman–Crippen MR) is 71.9 cm³/mol. The van der Waals surface area contributed by atoms with E-state index in [2.05, 4.69) is 4.72 Å². The van der Waals surface area contributed by atoms with Crippen molar-refractivity contribution in [1.29, 1.82) is 0 Å². The van der Waals surface area contributed by atoms with Crippen LogP contribution in [0, 0.1) is 5.92 Å². The highest BCUT2D eigenvalue weighted by Crippen LogP contribution is 2.24. The molecule has 2 fully saturated rings. The molecule has 2 aliphatic rings. The summed E-state index contributed by atoms with van der Waals surface area (Å²) in [6, 6.07) is -0.121. The second-order valence-electron chi connectivity index (χ2n) is 5.48. The molecular formula is C12H24N2O4S. The highest BCUT2D eigenvalue weighted by Gasteiger charge is 2.35. The highest BCUT2D eigenvalue weighted by atomic mass is 32.2. The van der Waals surface area contributed by atoms with Crippen LogP contribution in [0.25, 0.3) is 0 Å². The van der Waals surface area contributed by atoms with E-state index in [9.17, 15) is 13.5 Å². The first kappa shape index (κ1) is 15.2. The Kier molecular flexibility index (Phi) is 5.19. The van der Waals surface area contributed by atoms with E-state index in [1.54, 1.807) is 7.11 Å². The summed E-state index contributed by atoms with van der Waals surface area (Å²) in [4.78, 5) is 0. The molecule has 19 heavy (non-hydrogen) atoms. The van der Waals surface area contributed by atoms with E-state index in [1.807, 2.05) is 0 Å². The van der Waals surface area contributed by atoms with Crippen molar-refractivity contribution in [2.24, 2.45) is 5.92 Å². The van der Waals surface area contributed by atoms with Crippen LogP contribution in [-0.4, -0.2) is 56.8 Å². The van der Waals surface area contributed by atoms with Crippen molar-refractivity contribution in [3.05, 3.63) is 0 Å². The van der Waals surface area contributed by atoms with E-state index in [-0.39, 0.29) is 24.7 Å². The van der Waals surface area contributed by atoms with Gasteiger partial charge in [-0.05, 0) is 38.0 Å². The molecule has 6 nitrogen and oxygen atoms in total. The smallest absolute Gasteiger partial charge is 0.279 e. The summed E-state index contributed by atoms with van der Waals surface area (Å²) in [6.07, 6.45) is 4.41. The summed E-state index contributed by atoms with van der Waals surface area (Å²) in [7, 11) is -1.84. The van der Waals surface area contributed by atoms with Gasteiger partial charge in [0, 0.05) is 32.8 Å². The third kappa shape index (κ3) is 3.66. The summed E-state index contributed by atoms with van der Waals surface area (Å²) in [5.41, 5.74) is 0. The molecule has 1 saturated heterocycles. The Hall–Kier alpha value is -0.210. The number of rotatable bonds is 5. The SMILES string of the molecule is COC1CCCC1NS(=O)(=O)N1CCCC(CO)C1. The van der Waals surface area contributed by atoms with Gasteiger partial charge in [0.25, 0.3) is 10.2 Å². The van der Waals surface area contributed by atoms with Gasteiger partial charge in [-0.15, -0.1) is 0 Å². The number of hydrogen-bond acceptors (Lipinski definition) is 4. The minimum atomic E-state index is -3.46. The molecule has 2 rings (SSSR count). The number of piperidine rings is 1. The third-order valence-corrected chi connectivity index (χ3v) is 5.75. The Balaban J connectivity index is 1.97. The lowest BCUT2D eigenvalue weighted by atomic mass is 10.0. The second-order valence-corrected chi connectivity index (χ2v) is 7.19. The summed E-state index contributed by atoms with van der Waals surface area (Å²) in [5.74, 6) is 0.0622. The first-order chi connectivity index (χ1) is 9.06. The normalized spacial score (nSPS) is 33.7. The Bertz CT molecular complexity index is 387. The van der Waals surface area contributed by atoms with Gasteiger partial charge < -0.3 is 9.84 Å². The molecule has 0 aromatic carbocycles. The number of aliphatic hydroxyl groups excluding tert-OH is 1. The molecule has 1 aliphatic heterocycles. The average molecular weight is 292 g/mol. The lowest BCUT2D eigenvalue weighted by Crippen LogP contribution is -2.51. The van der Waals surface area contributed by atoms with Crippen molar-refractivity contribution in [3.8, 4) is 0 Å². The maximum absolute atomic E-state index is 12.3. The van der Waals surface area contributed by atoms with Gasteiger partial charge in [-0.1, -0.05) is 0 Å². The summed E-state index contributed by atoms with van der Waals surface area (Å²) in [6.45, 7) is 1.00. The van der Waals surface area contributed by atoms with Gasteiger partial charge >= 0.3 is 0 Å². The molecule has 112 valence electrons. The number of aliphatic hydroxyl groups is 1. The van der Waals surface area contributed by atoms with E-state index < -0.39 is 10.2 Å². The fourth-order valence-corrected chi connectivity index (χ4v) is 4.58. The number of methoxy groups -OCH3 is 1. The highest BCUT2D eigenvalue weighted by molar-refractivity contribution is 7.87. The Morgan fingerprint density at radius 3 is 2.79 bits per heavy atom. The van der Waals surface area contributed by atoms with Gasteiger partial charge in [-0.25, -0.2) is 0 Å². The fraction of sp³-hybridized carbons (Fsp3) is 1.00. The van der Waals surface area contributed by atoms with Gasteiger partial charge in [-0.2, -0.15) is 17.4 Å². The fourth-order valence-electron chi connectivity index (χ4n) is 3.00. The third-order valence-electron chi connectivity index (χ3n) is 4.14. The molecule has 1 saturated carbocycles. The molecule has 0 bridgehead atoms. The number of hydrogen-bond donors (Lipinski definition) is 2. The molecule has 1 heterocycles. The van der Waals surface area contributed by atoms with Crippen molar-refractivity contribution in [1.82, 2.24) is 9.03 Å². The van der Waals surface area contributed by atoms with Gasteiger partial charge in [0.15, 0.2) is 0 Å². The monoisotopic (exact) mass is 292 g/mol. The van der Waals surface area contributed by atoms with Crippen LogP contribution in [0.15, 0.2) is 0 Å². The molecule has 0 amide bonds. The van der Waals surface area contributed by atoms with Gasteiger partial charge in [0.1, 0.15) is 0 Å². The zero-order valence-electron chi connectivity index (χ0n) is 11.4. The van der Waals surface area contributed by atoms with Crippen LogP contribution in [0.5, 0.6) is 0 Å². The summed E-state index contributed by atoms with van der Waals surface area (Å²) >= 11 is 0. The first-order valence-electron chi connectivity index (χ1n) is 6.98. The number of ether oxygens (including phenoxy) is 1. The standard InChI is InChI=1S/C12H24N2O4S/c1-18-12-6-2-5-11(12)13-19(16,17)14-7-3-4-10(8-14)9-15/h10-13,15H,2-9H2,1H3. The molecule has 7 heteroatoms. The van der Waals surface area contributed by atoms with Gasteiger partial charge in [0.05, 0.1) is 6.10 Å². The molecule has 0 spiro atoms. The maximum atomic E-state index is 12.3. The first-order valence-corrected chi connectivity index (χ1v) is 8.42. The van der Waals surface area contributed by atoms with Gasteiger partial charge in [0.2, 0.25) is 0 Å². The Morgan fingerprint density at radius 1 is 1.32 bits per heavy atom. The second kappa shape index (κ2) is 6.49. The van der Waals surface area contributed by atoms with E-state index in [0.29, 0.717) is 13.1 Å². The zero-order chi connectivity index (χ0) is 13.9. The zero-order valence-corrected chi connectivity index (χ0v) is 12.2. The quantitative estimate of drug-likeness (QED) is 0.753. The molecule has 2 N–H and O–H groups in total. The minimum absolute atomic E-state index is 0.0202. The molecule has 0 aromatic rings. The van der Waals surface area contributed by atoms with Crippen LogP contribution in [0.4, 0.5) is 0 Å². The van der Waals surface area contributed by atoms with Crippen LogP contribution in [0.1, 0.15) is 32.1 Å². The van der Waals surface area contributed by atoms with Crippen LogP contribution in [0.2, 0.25) is 0 Å². The lowest BCUT2D eigenvalue weighted by molar-refractivity contribution is 0.0905. The predicted octanol–water partition coefficient (Wildman–Crippen LogP) is 0.0926. The van der Waals surface area contributed by atoms with Crippen LogP contribution in [0.3, 0.4) is 0 Å². The average Bonchev–Trinajstić information content (AvgIpc) is 2.85. The molecule has 3 atom stereocenters. The molecule has 1 aliphatic carbocycles. The summed E-state index contributed by atoms with van der Waals surface area (Å²) < 4.78 is 34.2. The maximum Gasteiger partial charge on any atom is 0.279 e. The topological polar surface area (TPSA) is 78.9 Å². The molecular weight excluding hydrogens is 268 g/mol. The largest absolute Gasteiger partial charge is 0.396 e. The van der Waals surface area contributed by atoms with Crippen LogP contribution < -0.4 is 4.72 Å². The van der Waals surface area contributed by atoms with Crippen molar-refractivity contribution in [3.63, 3.8) is 0 Å². The van der Waals surface area contributed by atoms with Crippen molar-refractivity contribution in [2.45, 2.75) is 44.2 Å². The Morgan fingerprint density at radius 2 is 2.11 bits per heavy atom. The van der Waals surface area contributed by atoms with Crippen molar-refractivity contribution >= 4 is 10.2 Å². The number of nitrogens with one attached hydrogen (secondary N) is 1. The lowest BCUT2D eigenvalue weighted by Gasteiger charge is -2.32. The molecule has 0 aromatic heterocycles. The number of nitrogens with zero attached hydrogens (tertiary/aromatic N) is 1. The van der Waals surface area contributed by atoms with Crippen molar-refractivity contribution < 1.29 is 18.3 Å². The molecule has 3 unspecified atom stereocenters. The van der Waals surface area contributed by atoms with Gasteiger partial charge in [-0.3, -0.25) is 0 Å². The van der Waals surface area contributed by atoms with E-state index in [4.69, 9.17) is 4.74 Å². The molecule has 0 radical (unpaired) electrons. The Labute approximate surface area is 115 Å². The van der Waals surface area contributed by atoms with Crippen LogP contribution in [-0.2, 0) is 14.9 Å². The minimum Gasteiger partial charge on any atom is -0.396 e. The van der Waals surface area contributed by atoms with Crippen LogP contribution >= 0.6 is 0 Å². The van der Waals surface area contributed by atoms with E-state index >= 15 is 0 Å².